The summed E-state index contributed by atoms with van der Waals surface area (Å²) in [6.45, 7) is 5.87. The Morgan fingerprint density at radius 3 is 2.89 bits per heavy atom. The predicted molar refractivity (Wildman–Crippen MR) is 76.7 cm³/mol. The number of ether oxygens (including phenoxy) is 1. The molecule has 1 aliphatic rings. The van der Waals surface area contributed by atoms with Crippen molar-refractivity contribution in [3.63, 3.8) is 0 Å². The molecule has 0 bridgehead atoms. The van der Waals surface area contributed by atoms with Gasteiger partial charge in [0, 0.05) is 23.7 Å². The highest BCUT2D eigenvalue weighted by Crippen LogP contribution is 2.27. The molecule has 1 atom stereocenters. The molecule has 19 heavy (non-hydrogen) atoms. The number of methoxy groups -OCH3 is 1. The topological polar surface area (TPSA) is 29.5 Å². The summed E-state index contributed by atoms with van der Waals surface area (Å²) in [6.07, 6.45) is 3.74. The van der Waals surface area contributed by atoms with E-state index in [9.17, 15) is 4.79 Å². The van der Waals surface area contributed by atoms with Gasteiger partial charge in [-0.15, -0.1) is 0 Å². The van der Waals surface area contributed by atoms with E-state index in [1.807, 2.05) is 18.2 Å². The fourth-order valence-corrected chi connectivity index (χ4v) is 2.91. The number of Topliss-reactive ketones (excluding diaryl/α,β-unsaturated/α-hetero) is 1. The molecule has 0 radical (unpaired) electrons. The van der Waals surface area contributed by atoms with Gasteiger partial charge in [-0.3, -0.25) is 9.69 Å². The summed E-state index contributed by atoms with van der Waals surface area (Å²) >= 11 is 0. The maximum absolute atomic E-state index is 11.5. The second-order valence-electron chi connectivity index (χ2n) is 5.26. The first-order valence-corrected chi connectivity index (χ1v) is 7.07. The molecule has 1 heterocycles. The molecule has 0 N–H and O–H groups in total. The first kappa shape index (κ1) is 14.1. The van der Waals surface area contributed by atoms with Crippen molar-refractivity contribution >= 4 is 5.78 Å². The number of hydrogen-bond acceptors (Lipinski definition) is 3. The average molecular weight is 261 g/mol. The minimum absolute atomic E-state index is 0.109. The zero-order valence-corrected chi connectivity index (χ0v) is 12.1. The van der Waals surface area contributed by atoms with Gasteiger partial charge in [-0.05, 0) is 50.9 Å². The van der Waals surface area contributed by atoms with Gasteiger partial charge in [0.25, 0.3) is 0 Å². The molecule has 1 aliphatic heterocycles. The van der Waals surface area contributed by atoms with E-state index in [0.29, 0.717) is 6.04 Å². The smallest absolute Gasteiger partial charge is 0.159 e. The Labute approximate surface area is 115 Å². The van der Waals surface area contributed by atoms with E-state index in [4.69, 9.17) is 4.74 Å². The number of benzene rings is 1. The van der Waals surface area contributed by atoms with Gasteiger partial charge < -0.3 is 4.74 Å². The van der Waals surface area contributed by atoms with Crippen LogP contribution in [0, 0.1) is 0 Å². The SMILES string of the molecule is CCC1CCCN1Cc1cc(C(C)=O)ccc1OC. The normalized spacial score (nSPS) is 19.6. The molecule has 104 valence electrons. The van der Waals surface area contributed by atoms with Crippen molar-refractivity contribution in [3.8, 4) is 5.75 Å². The number of ketones is 1. The third-order valence-electron chi connectivity index (χ3n) is 4.03. The molecule has 1 fully saturated rings. The Bertz CT molecular complexity index is 456. The van der Waals surface area contributed by atoms with Gasteiger partial charge in [0.2, 0.25) is 0 Å². The van der Waals surface area contributed by atoms with Crippen LogP contribution in [-0.2, 0) is 6.54 Å². The molecule has 1 aromatic carbocycles. The summed E-state index contributed by atoms with van der Waals surface area (Å²) in [6, 6.07) is 6.40. The Kier molecular flexibility index (Phi) is 4.59. The largest absolute Gasteiger partial charge is 0.496 e. The lowest BCUT2D eigenvalue weighted by molar-refractivity contribution is 0.101. The number of likely N-dealkylation sites (tertiary alicyclic amines) is 1. The molecule has 0 aliphatic carbocycles. The Morgan fingerprint density at radius 1 is 1.47 bits per heavy atom. The van der Waals surface area contributed by atoms with Crippen molar-refractivity contribution < 1.29 is 9.53 Å². The van der Waals surface area contributed by atoms with E-state index >= 15 is 0 Å². The highest BCUT2D eigenvalue weighted by molar-refractivity contribution is 5.94. The highest BCUT2D eigenvalue weighted by Gasteiger charge is 2.23. The monoisotopic (exact) mass is 261 g/mol. The Hall–Kier alpha value is -1.35. The molecule has 3 nitrogen and oxygen atoms in total. The van der Waals surface area contributed by atoms with Gasteiger partial charge in [-0.2, -0.15) is 0 Å². The molecule has 0 amide bonds. The van der Waals surface area contributed by atoms with Crippen LogP contribution in [0.5, 0.6) is 5.75 Å². The van der Waals surface area contributed by atoms with Crippen LogP contribution in [0.3, 0.4) is 0 Å². The minimum Gasteiger partial charge on any atom is -0.496 e. The maximum atomic E-state index is 11.5. The summed E-state index contributed by atoms with van der Waals surface area (Å²) in [7, 11) is 1.69. The van der Waals surface area contributed by atoms with Gasteiger partial charge in [-0.25, -0.2) is 0 Å². The molecule has 1 unspecified atom stereocenters. The van der Waals surface area contributed by atoms with Gasteiger partial charge >= 0.3 is 0 Å². The van der Waals surface area contributed by atoms with E-state index in [1.54, 1.807) is 14.0 Å². The zero-order chi connectivity index (χ0) is 13.8. The molecule has 0 spiro atoms. The summed E-state index contributed by atoms with van der Waals surface area (Å²) < 4.78 is 5.42. The standard InChI is InChI=1S/C16H23NO2/c1-4-15-6-5-9-17(15)11-14-10-13(12(2)18)7-8-16(14)19-3/h7-8,10,15H,4-6,9,11H2,1-3H3. The first-order valence-electron chi connectivity index (χ1n) is 7.07. The maximum Gasteiger partial charge on any atom is 0.159 e. The molecular formula is C16H23NO2. The predicted octanol–water partition coefficient (Wildman–Crippen LogP) is 3.27. The lowest BCUT2D eigenvalue weighted by Gasteiger charge is -2.24. The van der Waals surface area contributed by atoms with Crippen LogP contribution in [0.25, 0.3) is 0 Å². The second-order valence-corrected chi connectivity index (χ2v) is 5.26. The lowest BCUT2D eigenvalue weighted by atomic mass is 10.1. The second kappa shape index (κ2) is 6.20. The van der Waals surface area contributed by atoms with Crippen LogP contribution in [-0.4, -0.2) is 30.4 Å². The Balaban J connectivity index is 2.22. The van der Waals surface area contributed by atoms with E-state index in [-0.39, 0.29) is 5.78 Å². The van der Waals surface area contributed by atoms with Crippen LogP contribution in [0.2, 0.25) is 0 Å². The summed E-state index contributed by atoms with van der Waals surface area (Å²) in [5, 5.41) is 0. The fourth-order valence-electron chi connectivity index (χ4n) is 2.91. The van der Waals surface area contributed by atoms with Crippen molar-refractivity contribution in [3.05, 3.63) is 29.3 Å². The number of hydrogen-bond donors (Lipinski definition) is 0. The number of rotatable bonds is 5. The van der Waals surface area contributed by atoms with E-state index in [0.717, 1.165) is 30.0 Å². The minimum atomic E-state index is 0.109. The molecule has 0 saturated carbocycles. The van der Waals surface area contributed by atoms with Gasteiger partial charge in [-0.1, -0.05) is 6.92 Å². The highest BCUT2D eigenvalue weighted by atomic mass is 16.5. The first-order chi connectivity index (χ1) is 9.15. The molecule has 0 aromatic heterocycles. The van der Waals surface area contributed by atoms with Crippen LogP contribution in [0.4, 0.5) is 0 Å². The average Bonchev–Trinajstić information content (AvgIpc) is 2.85. The van der Waals surface area contributed by atoms with Crippen molar-refractivity contribution in [1.29, 1.82) is 0 Å². The molecule has 1 aromatic rings. The molecular weight excluding hydrogens is 238 g/mol. The van der Waals surface area contributed by atoms with Gasteiger partial charge in [0.15, 0.2) is 5.78 Å². The number of carbonyl (C=O) groups excluding carboxylic acids is 1. The van der Waals surface area contributed by atoms with Crippen molar-refractivity contribution in [2.75, 3.05) is 13.7 Å². The van der Waals surface area contributed by atoms with Crippen LogP contribution < -0.4 is 4.74 Å². The Morgan fingerprint density at radius 2 is 2.26 bits per heavy atom. The molecule has 3 heteroatoms. The molecule has 1 saturated heterocycles. The van der Waals surface area contributed by atoms with Crippen molar-refractivity contribution in [1.82, 2.24) is 4.90 Å². The molecule has 2 rings (SSSR count). The van der Waals surface area contributed by atoms with Crippen LogP contribution in [0.1, 0.15) is 49.0 Å². The van der Waals surface area contributed by atoms with Crippen LogP contribution in [0.15, 0.2) is 18.2 Å². The summed E-state index contributed by atoms with van der Waals surface area (Å²) in [4.78, 5) is 14.0. The fraction of sp³-hybridized carbons (Fsp3) is 0.562. The zero-order valence-electron chi connectivity index (χ0n) is 12.1. The van der Waals surface area contributed by atoms with Gasteiger partial charge in [0.05, 0.1) is 7.11 Å². The number of carbonyl (C=O) groups is 1. The van der Waals surface area contributed by atoms with Crippen LogP contribution >= 0.6 is 0 Å². The summed E-state index contributed by atoms with van der Waals surface area (Å²) in [5.74, 6) is 0.990. The van der Waals surface area contributed by atoms with E-state index in [1.165, 1.54) is 19.3 Å². The summed E-state index contributed by atoms with van der Waals surface area (Å²) in [5.41, 5.74) is 1.89. The third-order valence-corrected chi connectivity index (χ3v) is 4.03. The third kappa shape index (κ3) is 3.16. The van der Waals surface area contributed by atoms with Gasteiger partial charge in [0.1, 0.15) is 5.75 Å². The van der Waals surface area contributed by atoms with E-state index < -0.39 is 0 Å². The van der Waals surface area contributed by atoms with E-state index in [2.05, 4.69) is 11.8 Å². The van der Waals surface area contributed by atoms with Crippen molar-refractivity contribution in [2.45, 2.75) is 45.7 Å². The lowest BCUT2D eigenvalue weighted by Crippen LogP contribution is -2.28. The number of nitrogens with zero attached hydrogens (tertiary/aromatic N) is 1. The van der Waals surface area contributed by atoms with Crippen molar-refractivity contribution in [2.24, 2.45) is 0 Å². The quantitative estimate of drug-likeness (QED) is 0.762.